The van der Waals surface area contributed by atoms with E-state index in [-0.39, 0.29) is 30.0 Å². The third-order valence-electron chi connectivity index (χ3n) is 6.21. The number of nitrogens with one attached hydrogen (secondary N) is 4. The first-order chi connectivity index (χ1) is 17.3. The topological polar surface area (TPSA) is 155 Å². The maximum absolute atomic E-state index is 13.1. The van der Waals surface area contributed by atoms with Crippen LogP contribution in [-0.2, 0) is 23.1 Å². The van der Waals surface area contributed by atoms with Crippen LogP contribution in [0.15, 0.2) is 24.3 Å². The van der Waals surface area contributed by atoms with Gasteiger partial charge in [-0.1, -0.05) is 13.0 Å². The number of aryl methyl sites for hydroxylation is 2. The molecule has 4 rings (SSSR count). The van der Waals surface area contributed by atoms with Crippen LogP contribution in [0.5, 0.6) is 0 Å². The van der Waals surface area contributed by atoms with Gasteiger partial charge in [0.05, 0.1) is 16.8 Å². The van der Waals surface area contributed by atoms with Gasteiger partial charge in [-0.3, -0.25) is 39.4 Å². The van der Waals surface area contributed by atoms with Gasteiger partial charge in [-0.15, -0.1) is 0 Å². The number of anilines is 2. The molecule has 1 aromatic heterocycles. The average molecular weight is 496 g/mol. The Bertz CT molecular complexity index is 1220. The molecule has 12 heteroatoms. The second kappa shape index (κ2) is 10.6. The minimum atomic E-state index is -1.000. The third kappa shape index (κ3) is 5.07. The molecule has 2 aliphatic heterocycles. The van der Waals surface area contributed by atoms with Crippen molar-refractivity contribution in [3.8, 4) is 0 Å². The van der Waals surface area contributed by atoms with Crippen LogP contribution in [0.1, 0.15) is 59.0 Å². The van der Waals surface area contributed by atoms with Crippen molar-refractivity contribution in [1.29, 1.82) is 0 Å². The Morgan fingerprint density at radius 3 is 2.64 bits per heavy atom. The average Bonchev–Trinajstić information content (AvgIpc) is 3.33. The molecule has 36 heavy (non-hydrogen) atoms. The zero-order valence-corrected chi connectivity index (χ0v) is 20.2. The normalized spacial score (nSPS) is 17.2. The molecule has 2 aromatic rings. The molecule has 3 heterocycles. The molecular weight excluding hydrogens is 466 g/mol. The Hall–Kier alpha value is -4.22. The largest absolute Gasteiger partial charge is 0.384 e. The predicted octanol–water partition coefficient (Wildman–Crippen LogP) is 1.40. The highest BCUT2D eigenvalue weighted by atomic mass is 16.2. The summed E-state index contributed by atoms with van der Waals surface area (Å²) < 4.78 is 1.62. The number of hydrogen-bond donors (Lipinski definition) is 4. The van der Waals surface area contributed by atoms with Crippen LogP contribution in [0.3, 0.4) is 0 Å². The molecule has 0 spiro atoms. The van der Waals surface area contributed by atoms with Gasteiger partial charge in [0.15, 0.2) is 0 Å². The van der Waals surface area contributed by atoms with E-state index < -0.39 is 29.7 Å². The van der Waals surface area contributed by atoms with Gasteiger partial charge in [0.25, 0.3) is 11.8 Å². The first-order valence-corrected chi connectivity index (χ1v) is 12.0. The van der Waals surface area contributed by atoms with Crippen LogP contribution in [-0.4, -0.2) is 63.5 Å². The molecule has 1 fully saturated rings. The lowest BCUT2D eigenvalue weighted by molar-refractivity contribution is -0.136. The van der Waals surface area contributed by atoms with Gasteiger partial charge in [0.2, 0.25) is 11.8 Å². The summed E-state index contributed by atoms with van der Waals surface area (Å²) in [4.78, 5) is 62.7. The highest BCUT2D eigenvalue weighted by Crippen LogP contribution is 2.32. The number of carbonyl (C=O) groups excluding carboxylic acids is 5. The van der Waals surface area contributed by atoms with E-state index in [2.05, 4.69) is 26.4 Å². The van der Waals surface area contributed by atoms with Crippen LogP contribution in [0.2, 0.25) is 0 Å². The maximum atomic E-state index is 13.1. The molecule has 0 aliphatic carbocycles. The lowest BCUT2D eigenvalue weighted by Gasteiger charge is -2.27. The molecule has 1 aromatic carbocycles. The summed E-state index contributed by atoms with van der Waals surface area (Å²) >= 11 is 0. The van der Waals surface area contributed by atoms with Gasteiger partial charge in [0, 0.05) is 38.3 Å². The van der Waals surface area contributed by atoms with Crippen molar-refractivity contribution < 1.29 is 24.0 Å². The van der Waals surface area contributed by atoms with Gasteiger partial charge >= 0.3 is 6.03 Å². The molecule has 6 amide bonds. The molecule has 2 aliphatic rings. The Kier molecular flexibility index (Phi) is 7.32. The molecule has 0 saturated carbocycles. The highest BCUT2D eigenvalue weighted by molar-refractivity contribution is 6.25. The van der Waals surface area contributed by atoms with Crippen LogP contribution >= 0.6 is 0 Å². The number of carbonyl (C=O) groups is 5. The van der Waals surface area contributed by atoms with Crippen molar-refractivity contribution in [2.75, 3.05) is 23.7 Å². The fourth-order valence-corrected chi connectivity index (χ4v) is 4.31. The van der Waals surface area contributed by atoms with Crippen molar-refractivity contribution in [1.82, 2.24) is 25.3 Å². The van der Waals surface area contributed by atoms with E-state index in [1.54, 1.807) is 29.9 Å². The van der Waals surface area contributed by atoms with E-state index in [1.165, 1.54) is 0 Å². The van der Waals surface area contributed by atoms with Crippen LogP contribution < -0.4 is 21.3 Å². The second-order valence-corrected chi connectivity index (χ2v) is 8.69. The SMILES string of the molecule is CCc1cc(NC(=O)NCCCCNc2cccc3c2C(=O)N(C2CCC(=O)NC2=O)C3=O)n(C)n1. The van der Waals surface area contributed by atoms with Gasteiger partial charge in [-0.05, 0) is 37.8 Å². The van der Waals surface area contributed by atoms with Crippen molar-refractivity contribution in [2.45, 2.75) is 45.1 Å². The summed E-state index contributed by atoms with van der Waals surface area (Å²) in [6.07, 6.45) is 2.36. The van der Waals surface area contributed by atoms with E-state index >= 15 is 0 Å². The molecular formula is C24H29N7O5. The fraction of sp³-hybridized carbons (Fsp3) is 0.417. The number of urea groups is 1. The smallest absolute Gasteiger partial charge is 0.320 e. The lowest BCUT2D eigenvalue weighted by Crippen LogP contribution is -2.54. The molecule has 1 unspecified atom stereocenters. The molecule has 1 saturated heterocycles. The van der Waals surface area contributed by atoms with Crippen molar-refractivity contribution in [3.05, 3.63) is 41.1 Å². The molecule has 0 radical (unpaired) electrons. The number of piperidine rings is 1. The van der Waals surface area contributed by atoms with Crippen molar-refractivity contribution in [2.24, 2.45) is 7.05 Å². The first kappa shape index (κ1) is 24.9. The van der Waals surface area contributed by atoms with Crippen molar-refractivity contribution >= 4 is 41.2 Å². The number of amides is 6. The van der Waals surface area contributed by atoms with Crippen LogP contribution in [0.4, 0.5) is 16.3 Å². The minimum Gasteiger partial charge on any atom is -0.384 e. The summed E-state index contributed by atoms with van der Waals surface area (Å²) in [6, 6.07) is 5.46. The van der Waals surface area contributed by atoms with Gasteiger partial charge in [0.1, 0.15) is 11.9 Å². The number of rotatable bonds is 9. The van der Waals surface area contributed by atoms with E-state index in [0.29, 0.717) is 37.4 Å². The quantitative estimate of drug-likeness (QED) is 0.303. The molecule has 1 atom stereocenters. The lowest BCUT2D eigenvalue weighted by atomic mass is 10.0. The number of nitrogens with zero attached hydrogens (tertiary/aromatic N) is 3. The summed E-state index contributed by atoms with van der Waals surface area (Å²) in [5.41, 5.74) is 1.86. The minimum absolute atomic E-state index is 0.0723. The van der Waals surface area contributed by atoms with E-state index in [0.717, 1.165) is 17.0 Å². The summed E-state index contributed by atoms with van der Waals surface area (Å²) in [5.74, 6) is -1.52. The predicted molar refractivity (Wildman–Crippen MR) is 130 cm³/mol. The number of benzene rings is 1. The van der Waals surface area contributed by atoms with Gasteiger partial charge in [-0.2, -0.15) is 5.10 Å². The Balaban J connectivity index is 1.26. The number of aromatic nitrogens is 2. The maximum Gasteiger partial charge on any atom is 0.320 e. The molecule has 0 bridgehead atoms. The monoisotopic (exact) mass is 495 g/mol. The van der Waals surface area contributed by atoms with Crippen LogP contribution in [0, 0.1) is 0 Å². The number of imide groups is 2. The number of fused-ring (bicyclic) bond motifs is 1. The first-order valence-electron chi connectivity index (χ1n) is 12.0. The zero-order chi connectivity index (χ0) is 25.8. The van der Waals surface area contributed by atoms with E-state index in [4.69, 9.17) is 0 Å². The van der Waals surface area contributed by atoms with E-state index in [1.807, 2.05) is 13.0 Å². The third-order valence-corrected chi connectivity index (χ3v) is 6.21. The second-order valence-electron chi connectivity index (χ2n) is 8.69. The standard InChI is InChI=1S/C24H29N7O5/c1-3-14-13-18(30(2)29-14)27-24(36)26-12-5-4-11-25-16-8-6-7-15-20(16)23(35)31(22(15)34)17-9-10-19(32)28-21(17)33/h6-8,13,17,25H,3-5,9-12H2,1-2H3,(H2,26,27,36)(H,28,32,33). The Morgan fingerprint density at radius 2 is 1.92 bits per heavy atom. The Morgan fingerprint density at radius 1 is 1.14 bits per heavy atom. The van der Waals surface area contributed by atoms with Gasteiger partial charge < -0.3 is 10.6 Å². The van der Waals surface area contributed by atoms with Crippen molar-refractivity contribution in [3.63, 3.8) is 0 Å². The summed E-state index contributed by atoms with van der Waals surface area (Å²) in [5, 5.41) is 15.2. The highest BCUT2D eigenvalue weighted by Gasteiger charge is 2.45. The molecule has 4 N–H and O–H groups in total. The van der Waals surface area contributed by atoms with Crippen LogP contribution in [0.25, 0.3) is 0 Å². The summed E-state index contributed by atoms with van der Waals surface area (Å²) in [6.45, 7) is 2.97. The van der Waals surface area contributed by atoms with Gasteiger partial charge in [-0.25, -0.2) is 4.79 Å². The Labute approximate surface area is 207 Å². The number of unbranched alkanes of at least 4 members (excludes halogenated alkanes) is 1. The fourth-order valence-electron chi connectivity index (χ4n) is 4.31. The van der Waals surface area contributed by atoms with E-state index in [9.17, 15) is 24.0 Å². The molecule has 12 nitrogen and oxygen atoms in total. The molecule has 190 valence electrons. The zero-order valence-electron chi connectivity index (χ0n) is 20.2. The summed E-state index contributed by atoms with van der Waals surface area (Å²) in [7, 11) is 1.77. The number of hydrogen-bond acceptors (Lipinski definition) is 7.